The van der Waals surface area contributed by atoms with Gasteiger partial charge in [-0.05, 0) is 96.3 Å². The van der Waals surface area contributed by atoms with Crippen molar-refractivity contribution < 1.29 is 89.4 Å². The van der Waals surface area contributed by atoms with Gasteiger partial charge in [0.05, 0.1) is 38.6 Å². The normalized spacial score (nSPS) is 27.1. The van der Waals surface area contributed by atoms with Crippen molar-refractivity contribution in [2.24, 2.45) is 0 Å². The summed E-state index contributed by atoms with van der Waals surface area (Å²) in [5, 5.41) is 121. The van der Waals surface area contributed by atoms with Crippen LogP contribution in [-0.2, 0) is 33.2 Å². The van der Waals surface area contributed by atoms with Gasteiger partial charge in [0.2, 0.25) is 5.91 Å². The van der Waals surface area contributed by atoms with Gasteiger partial charge in [-0.1, -0.05) is 270 Å². The maximum Gasteiger partial charge on any atom is 0.220 e. The number of allylic oxidation sites excluding steroid dienone is 19. The van der Waals surface area contributed by atoms with Crippen molar-refractivity contribution in [3.8, 4) is 0 Å². The molecule has 0 radical (unpaired) electrons. The highest BCUT2D eigenvalue weighted by molar-refractivity contribution is 5.76. The molecule has 3 fully saturated rings. The number of carbonyl (C=O) groups is 1. The molecule has 19 heteroatoms. The zero-order valence-electron chi connectivity index (χ0n) is 61.1. The van der Waals surface area contributed by atoms with E-state index in [2.05, 4.69) is 129 Å². The predicted octanol–water partition coefficient (Wildman–Crippen LogP) is 12.3. The fourth-order valence-electron chi connectivity index (χ4n) is 12.3. The van der Waals surface area contributed by atoms with Gasteiger partial charge in [-0.2, -0.15) is 0 Å². The van der Waals surface area contributed by atoms with E-state index in [4.69, 9.17) is 28.4 Å². The molecule has 574 valence electrons. The molecule has 0 spiro atoms. The second-order valence-corrected chi connectivity index (χ2v) is 27.1. The molecule has 17 unspecified atom stereocenters. The van der Waals surface area contributed by atoms with Crippen LogP contribution in [0.1, 0.15) is 251 Å². The Morgan fingerprint density at radius 3 is 1.12 bits per heavy atom. The molecule has 0 aliphatic carbocycles. The SMILES string of the molecule is CC/C=C\C/C=C\C/C=C\C/C=C\C/C=C\C/C=C\C/C=C\C/C=C\CCCCCCCCCCCCC(=O)NC(COC1OC(CO)C(OC2OC(CO)C(OC3OC(CO)C(O)C(O)C3O)C(O)C2O)C(O)C1O)C(O)/C=C/CC/C=C/CCCCCCCCCCCCCCCC. The van der Waals surface area contributed by atoms with Crippen LogP contribution < -0.4 is 5.32 Å². The number of aliphatic hydroxyl groups excluding tert-OH is 11. The summed E-state index contributed by atoms with van der Waals surface area (Å²) in [5.74, 6) is -0.294. The Labute approximate surface area is 601 Å². The summed E-state index contributed by atoms with van der Waals surface area (Å²) in [6.45, 7) is 1.60. The molecule has 0 bridgehead atoms. The van der Waals surface area contributed by atoms with E-state index in [0.717, 1.165) is 103 Å². The zero-order chi connectivity index (χ0) is 72.5. The minimum absolute atomic E-state index is 0.223. The van der Waals surface area contributed by atoms with Crippen LogP contribution in [0.3, 0.4) is 0 Å². The first-order chi connectivity index (χ1) is 48.8. The van der Waals surface area contributed by atoms with E-state index in [1.54, 1.807) is 6.08 Å². The number of ether oxygens (including phenoxy) is 6. The first-order valence-corrected chi connectivity index (χ1v) is 38.8. The fraction of sp³-hybridized carbons (Fsp3) is 0.741. The summed E-state index contributed by atoms with van der Waals surface area (Å²) >= 11 is 0. The summed E-state index contributed by atoms with van der Waals surface area (Å²) in [6.07, 6.45) is 57.4. The second-order valence-electron chi connectivity index (χ2n) is 27.1. The molecule has 19 nitrogen and oxygen atoms in total. The highest BCUT2D eigenvalue weighted by atomic mass is 16.8. The molecular formula is C81H137NO18. The van der Waals surface area contributed by atoms with Crippen LogP contribution in [-0.4, -0.2) is 193 Å². The van der Waals surface area contributed by atoms with Crippen molar-refractivity contribution in [1.82, 2.24) is 5.32 Å². The van der Waals surface area contributed by atoms with Gasteiger partial charge < -0.3 is 89.9 Å². The molecule has 0 saturated carbocycles. The average Bonchev–Trinajstić information content (AvgIpc) is 0.783. The molecule has 3 aliphatic rings. The maximum absolute atomic E-state index is 13.5. The Morgan fingerprint density at radius 1 is 0.370 bits per heavy atom. The minimum atomic E-state index is -1.99. The van der Waals surface area contributed by atoms with Gasteiger partial charge in [-0.3, -0.25) is 4.79 Å². The van der Waals surface area contributed by atoms with Crippen molar-refractivity contribution in [3.05, 3.63) is 122 Å². The molecule has 3 rings (SSSR count). The maximum atomic E-state index is 13.5. The number of aliphatic hydroxyl groups is 11. The fourth-order valence-corrected chi connectivity index (χ4v) is 12.3. The largest absolute Gasteiger partial charge is 0.394 e. The lowest BCUT2D eigenvalue weighted by molar-refractivity contribution is -0.379. The van der Waals surface area contributed by atoms with Gasteiger partial charge in [0.25, 0.3) is 0 Å². The van der Waals surface area contributed by atoms with Crippen molar-refractivity contribution in [2.75, 3.05) is 26.4 Å². The molecule has 17 atom stereocenters. The van der Waals surface area contributed by atoms with Gasteiger partial charge in [0, 0.05) is 6.42 Å². The van der Waals surface area contributed by atoms with E-state index in [1.807, 2.05) is 6.08 Å². The van der Waals surface area contributed by atoms with E-state index in [-0.39, 0.29) is 18.9 Å². The summed E-state index contributed by atoms with van der Waals surface area (Å²) < 4.78 is 34.4. The molecule has 0 aromatic carbocycles. The lowest BCUT2D eigenvalue weighted by Crippen LogP contribution is -2.66. The lowest BCUT2D eigenvalue weighted by atomic mass is 9.96. The Bertz CT molecular complexity index is 2280. The Kier molecular flexibility index (Phi) is 54.7. The Balaban J connectivity index is 1.39. The first kappa shape index (κ1) is 90.4. The van der Waals surface area contributed by atoms with E-state index in [1.165, 1.54) is 116 Å². The molecule has 0 aromatic heterocycles. The molecule has 3 heterocycles. The molecule has 100 heavy (non-hydrogen) atoms. The highest BCUT2D eigenvalue weighted by Gasteiger charge is 2.53. The molecule has 0 aromatic rings. The van der Waals surface area contributed by atoms with Crippen molar-refractivity contribution in [2.45, 2.75) is 356 Å². The third-order valence-electron chi connectivity index (χ3n) is 18.5. The standard InChI is InChI=1S/C81H137NO18/c1-3-5-7-9-11-13-15-17-19-21-23-25-26-27-28-29-30-31-32-33-34-35-36-37-38-39-41-43-45-47-49-51-53-55-57-59-69(87)82-64(65(86)58-56-54-52-50-48-46-44-42-40-24-22-20-18-16-14-12-10-8-6-4-2)63-95-79-75(93)72(90)77(67(61-84)97-79)100-81-76(94)73(91)78(68(62-85)98-81)99-80-74(92)71(89)70(88)66(60-83)96-80/h5,7,11,13,17,19,23,25,27-28,30-31,33-34,36-37,48,50,56,58,64-68,70-81,83-86,88-94H,3-4,6,8-10,12,14-16,18,20-22,24,26,29,32,35,38-47,49,51-55,57,59-63H2,1-2H3,(H,82,87)/b7-5-,13-11-,19-17-,25-23-,28-27-,31-30-,34-33-,37-36-,50-48+,58-56+. The Morgan fingerprint density at radius 2 is 0.700 bits per heavy atom. The van der Waals surface area contributed by atoms with Gasteiger partial charge in [0.1, 0.15) is 73.2 Å². The second kappa shape index (κ2) is 60.5. The van der Waals surface area contributed by atoms with Gasteiger partial charge in [0.15, 0.2) is 18.9 Å². The van der Waals surface area contributed by atoms with E-state index < -0.39 is 124 Å². The quantitative estimate of drug-likeness (QED) is 0.0199. The van der Waals surface area contributed by atoms with Crippen LogP contribution in [0.2, 0.25) is 0 Å². The Hall–Kier alpha value is -3.81. The summed E-state index contributed by atoms with van der Waals surface area (Å²) in [5.41, 5.74) is 0. The number of amides is 1. The summed E-state index contributed by atoms with van der Waals surface area (Å²) in [7, 11) is 0. The third-order valence-corrected chi connectivity index (χ3v) is 18.5. The van der Waals surface area contributed by atoms with Gasteiger partial charge >= 0.3 is 0 Å². The van der Waals surface area contributed by atoms with E-state index in [9.17, 15) is 61.0 Å². The topological polar surface area (TPSA) is 307 Å². The number of carbonyl (C=O) groups excluding carboxylic acids is 1. The highest BCUT2D eigenvalue weighted by Crippen LogP contribution is 2.33. The zero-order valence-corrected chi connectivity index (χ0v) is 61.1. The van der Waals surface area contributed by atoms with E-state index in [0.29, 0.717) is 12.8 Å². The van der Waals surface area contributed by atoms with Crippen LogP contribution in [0.15, 0.2) is 122 Å². The van der Waals surface area contributed by atoms with Crippen molar-refractivity contribution in [3.63, 3.8) is 0 Å². The molecule has 12 N–H and O–H groups in total. The van der Waals surface area contributed by atoms with Crippen LogP contribution in [0.5, 0.6) is 0 Å². The third kappa shape index (κ3) is 40.5. The number of unbranched alkanes of at least 4 members (excludes halogenated alkanes) is 25. The minimum Gasteiger partial charge on any atom is -0.394 e. The van der Waals surface area contributed by atoms with Crippen LogP contribution in [0.25, 0.3) is 0 Å². The summed E-state index contributed by atoms with van der Waals surface area (Å²) in [4.78, 5) is 13.5. The molecular weight excluding hydrogens is 1270 g/mol. The van der Waals surface area contributed by atoms with E-state index >= 15 is 0 Å². The lowest BCUT2D eigenvalue weighted by Gasteiger charge is -2.48. The van der Waals surface area contributed by atoms with Crippen molar-refractivity contribution in [1.29, 1.82) is 0 Å². The summed E-state index contributed by atoms with van der Waals surface area (Å²) in [6, 6.07) is -1.00. The average molecular weight is 1410 g/mol. The van der Waals surface area contributed by atoms with Crippen LogP contribution in [0, 0.1) is 0 Å². The van der Waals surface area contributed by atoms with Crippen LogP contribution in [0.4, 0.5) is 0 Å². The molecule has 1 amide bonds. The monoisotopic (exact) mass is 1410 g/mol. The first-order valence-electron chi connectivity index (χ1n) is 38.8. The van der Waals surface area contributed by atoms with Gasteiger partial charge in [-0.15, -0.1) is 0 Å². The number of hydrogen-bond acceptors (Lipinski definition) is 18. The number of hydrogen-bond donors (Lipinski definition) is 12. The number of nitrogens with one attached hydrogen (secondary N) is 1. The predicted molar refractivity (Wildman–Crippen MR) is 397 cm³/mol. The number of rotatable bonds is 59. The smallest absolute Gasteiger partial charge is 0.220 e. The van der Waals surface area contributed by atoms with Gasteiger partial charge in [-0.25, -0.2) is 0 Å². The molecule has 3 saturated heterocycles. The van der Waals surface area contributed by atoms with Crippen LogP contribution >= 0.6 is 0 Å². The van der Waals surface area contributed by atoms with Crippen molar-refractivity contribution >= 4 is 5.91 Å². The molecule has 3 aliphatic heterocycles.